The molecule has 0 spiro atoms. The average Bonchev–Trinajstić information content (AvgIpc) is 3.05. The molecule has 0 aliphatic rings. The fourth-order valence-corrected chi connectivity index (χ4v) is 3.35. The molecule has 0 aliphatic carbocycles. The van der Waals surface area contributed by atoms with Gasteiger partial charge in [-0.3, -0.25) is 9.20 Å². The number of hydrogen-bond acceptors (Lipinski definition) is 5. The first-order chi connectivity index (χ1) is 13.4. The third-order valence-electron chi connectivity index (χ3n) is 4.63. The van der Waals surface area contributed by atoms with E-state index in [-0.39, 0.29) is 11.5 Å². The molecule has 0 aliphatic heterocycles. The Morgan fingerprint density at radius 3 is 2.57 bits per heavy atom. The highest BCUT2D eigenvalue weighted by Crippen LogP contribution is 2.30. The summed E-state index contributed by atoms with van der Waals surface area (Å²) in [5, 5.41) is 2.55. The number of carbonyl (C=O) groups excluding carboxylic acids is 1. The van der Waals surface area contributed by atoms with E-state index in [1.54, 1.807) is 16.5 Å². The van der Waals surface area contributed by atoms with Crippen LogP contribution in [0.3, 0.4) is 0 Å². The summed E-state index contributed by atoms with van der Waals surface area (Å²) < 4.78 is 21.8. The number of imidazole rings is 1. The van der Waals surface area contributed by atoms with Gasteiger partial charge in [-0.05, 0) is 38.1 Å². The maximum Gasteiger partial charge on any atom is 0.251 e. The van der Waals surface area contributed by atoms with Crippen LogP contribution >= 0.6 is 0 Å². The lowest BCUT2D eigenvalue weighted by Crippen LogP contribution is -2.17. The van der Waals surface area contributed by atoms with Crippen molar-refractivity contribution < 1.29 is 13.9 Å². The number of pyridine rings is 1. The largest absolute Gasteiger partial charge is 0.481 e. The van der Waals surface area contributed by atoms with Crippen molar-refractivity contribution in [3.63, 3.8) is 0 Å². The van der Waals surface area contributed by atoms with E-state index in [1.165, 1.54) is 32.4 Å². The van der Waals surface area contributed by atoms with Crippen LogP contribution in [0.15, 0.2) is 30.3 Å². The zero-order valence-electron chi connectivity index (χ0n) is 15.9. The Bertz CT molecular complexity index is 1250. The summed E-state index contributed by atoms with van der Waals surface area (Å²) in [7, 11) is 3.05. The van der Waals surface area contributed by atoms with Gasteiger partial charge in [0.15, 0.2) is 5.65 Å². The number of carbonyl (C=O) groups is 1. The second-order valence-electron chi connectivity index (χ2n) is 6.37. The van der Waals surface area contributed by atoms with Crippen molar-refractivity contribution in [2.45, 2.75) is 13.8 Å². The number of aryl methyl sites for hydroxylation is 2. The molecule has 1 aromatic carbocycles. The van der Waals surface area contributed by atoms with Crippen molar-refractivity contribution in [3.05, 3.63) is 53.1 Å². The van der Waals surface area contributed by atoms with Gasteiger partial charge in [0.05, 0.1) is 29.6 Å². The molecule has 4 aromatic rings. The molecule has 0 unspecified atom stereocenters. The third-order valence-corrected chi connectivity index (χ3v) is 4.63. The minimum atomic E-state index is -0.481. The highest BCUT2D eigenvalue weighted by atomic mass is 19.1. The summed E-state index contributed by atoms with van der Waals surface area (Å²) in [6.45, 7) is 3.70. The highest BCUT2D eigenvalue weighted by molar-refractivity contribution is 5.95. The normalized spacial score (nSPS) is 11.2. The number of methoxy groups -OCH3 is 1. The van der Waals surface area contributed by atoms with Crippen molar-refractivity contribution in [2.75, 3.05) is 14.2 Å². The Hall–Kier alpha value is -3.55. The van der Waals surface area contributed by atoms with Crippen LogP contribution in [0.5, 0.6) is 5.88 Å². The first-order valence-corrected chi connectivity index (χ1v) is 8.67. The number of nitrogens with zero attached hydrogens (tertiary/aromatic N) is 4. The molecule has 0 bridgehead atoms. The summed E-state index contributed by atoms with van der Waals surface area (Å²) >= 11 is 0. The molecular formula is C20H18FN5O2. The first-order valence-electron chi connectivity index (χ1n) is 8.67. The molecule has 142 valence electrons. The smallest absolute Gasteiger partial charge is 0.251 e. The second-order valence-corrected chi connectivity index (χ2v) is 6.37. The Labute approximate surface area is 160 Å². The standard InChI is InChI=1S/C20H18FN5O2/c1-10-17-11(2)24-18(13-9-12(20(27)22-3)5-6-14(13)21)26(17)19-15(23-10)7-8-16(25-19)28-4/h5-9H,1-4H3,(H,22,27). The predicted molar refractivity (Wildman–Crippen MR) is 103 cm³/mol. The zero-order chi connectivity index (χ0) is 20.0. The van der Waals surface area contributed by atoms with Crippen molar-refractivity contribution in [3.8, 4) is 17.3 Å². The van der Waals surface area contributed by atoms with Crippen LogP contribution in [-0.2, 0) is 0 Å². The number of hydrogen-bond donors (Lipinski definition) is 1. The van der Waals surface area contributed by atoms with Crippen molar-refractivity contribution in [1.29, 1.82) is 0 Å². The lowest BCUT2D eigenvalue weighted by Gasteiger charge is -2.10. The van der Waals surface area contributed by atoms with Crippen LogP contribution in [0, 0.1) is 19.7 Å². The number of fused-ring (bicyclic) bond motifs is 3. The number of nitrogens with one attached hydrogen (secondary N) is 1. The summed E-state index contributed by atoms with van der Waals surface area (Å²) in [6, 6.07) is 7.71. The maximum atomic E-state index is 14.8. The molecule has 1 N–H and O–H groups in total. The SMILES string of the molecule is CNC(=O)c1ccc(F)c(-c2nc(C)c3c(C)nc4ccc(OC)nc4n23)c1. The van der Waals surface area contributed by atoms with Gasteiger partial charge in [-0.1, -0.05) is 0 Å². The quantitative estimate of drug-likeness (QED) is 0.592. The summed E-state index contributed by atoms with van der Waals surface area (Å²) in [5.41, 5.74) is 3.87. The van der Waals surface area contributed by atoms with E-state index < -0.39 is 5.82 Å². The number of halogens is 1. The third kappa shape index (κ3) is 2.65. The molecular weight excluding hydrogens is 361 g/mol. The van der Waals surface area contributed by atoms with E-state index in [2.05, 4.69) is 20.3 Å². The van der Waals surface area contributed by atoms with Crippen LogP contribution in [-0.4, -0.2) is 39.4 Å². The molecule has 0 saturated carbocycles. The van der Waals surface area contributed by atoms with Gasteiger partial charge in [0.25, 0.3) is 5.91 Å². The Morgan fingerprint density at radius 1 is 1.11 bits per heavy atom. The van der Waals surface area contributed by atoms with E-state index >= 15 is 0 Å². The number of rotatable bonds is 3. The van der Waals surface area contributed by atoms with Crippen LogP contribution in [0.25, 0.3) is 28.1 Å². The van der Waals surface area contributed by atoms with Gasteiger partial charge < -0.3 is 10.1 Å². The van der Waals surface area contributed by atoms with E-state index in [0.717, 1.165) is 11.2 Å². The molecule has 0 radical (unpaired) electrons. The van der Waals surface area contributed by atoms with Crippen molar-refractivity contribution in [2.24, 2.45) is 0 Å². The van der Waals surface area contributed by atoms with Gasteiger partial charge in [-0.15, -0.1) is 0 Å². The number of ether oxygens (including phenoxy) is 1. The van der Waals surface area contributed by atoms with Gasteiger partial charge in [-0.2, -0.15) is 4.98 Å². The summed E-state index contributed by atoms with van der Waals surface area (Å²) in [6.07, 6.45) is 0. The topological polar surface area (TPSA) is 81.4 Å². The van der Waals surface area contributed by atoms with Gasteiger partial charge in [0.1, 0.15) is 17.2 Å². The molecule has 4 rings (SSSR count). The van der Waals surface area contributed by atoms with Crippen molar-refractivity contribution in [1.82, 2.24) is 24.7 Å². The number of aromatic nitrogens is 4. The van der Waals surface area contributed by atoms with E-state index in [9.17, 15) is 9.18 Å². The molecule has 3 aromatic heterocycles. The average molecular weight is 379 g/mol. The number of amides is 1. The molecule has 0 saturated heterocycles. The predicted octanol–water partition coefficient (Wildman–Crippen LogP) is 3.07. The molecule has 7 nitrogen and oxygen atoms in total. The van der Waals surface area contributed by atoms with Gasteiger partial charge >= 0.3 is 0 Å². The Kier molecular flexibility index (Phi) is 4.18. The second kappa shape index (κ2) is 6.56. The van der Waals surface area contributed by atoms with E-state index in [1.807, 2.05) is 13.8 Å². The lowest BCUT2D eigenvalue weighted by molar-refractivity contribution is 0.0963. The van der Waals surface area contributed by atoms with Gasteiger partial charge in [0.2, 0.25) is 5.88 Å². The van der Waals surface area contributed by atoms with Gasteiger partial charge in [0, 0.05) is 18.7 Å². The molecule has 3 heterocycles. The van der Waals surface area contributed by atoms with E-state index in [0.29, 0.717) is 34.1 Å². The minimum Gasteiger partial charge on any atom is -0.481 e. The molecule has 28 heavy (non-hydrogen) atoms. The minimum absolute atomic E-state index is 0.209. The fourth-order valence-electron chi connectivity index (χ4n) is 3.35. The summed E-state index contributed by atoms with van der Waals surface area (Å²) in [5.74, 6) is -0.0188. The molecule has 0 atom stereocenters. The molecule has 1 amide bonds. The fraction of sp³-hybridized carbons (Fsp3) is 0.200. The Morgan fingerprint density at radius 2 is 1.86 bits per heavy atom. The van der Waals surface area contributed by atoms with Gasteiger partial charge in [-0.25, -0.2) is 14.4 Å². The zero-order valence-corrected chi connectivity index (χ0v) is 15.9. The van der Waals surface area contributed by atoms with Crippen LogP contribution in [0.2, 0.25) is 0 Å². The molecule has 8 heteroatoms. The number of benzene rings is 1. The summed E-state index contributed by atoms with van der Waals surface area (Å²) in [4.78, 5) is 25.7. The maximum absolute atomic E-state index is 14.8. The van der Waals surface area contributed by atoms with Crippen LogP contribution < -0.4 is 10.1 Å². The van der Waals surface area contributed by atoms with Crippen LogP contribution in [0.4, 0.5) is 4.39 Å². The lowest BCUT2D eigenvalue weighted by atomic mass is 10.1. The van der Waals surface area contributed by atoms with Crippen molar-refractivity contribution >= 4 is 22.6 Å². The monoisotopic (exact) mass is 379 g/mol. The van der Waals surface area contributed by atoms with E-state index in [4.69, 9.17) is 4.74 Å². The first kappa shape index (κ1) is 17.8. The highest BCUT2D eigenvalue weighted by Gasteiger charge is 2.20. The van der Waals surface area contributed by atoms with Crippen LogP contribution in [0.1, 0.15) is 21.7 Å². The molecule has 0 fully saturated rings. The Balaban J connectivity index is 2.12.